The van der Waals surface area contributed by atoms with Crippen molar-refractivity contribution in [3.63, 3.8) is 0 Å². The van der Waals surface area contributed by atoms with Crippen molar-refractivity contribution in [1.29, 1.82) is 0 Å². The van der Waals surface area contributed by atoms with Crippen LogP contribution in [0.4, 0.5) is 0 Å². The lowest BCUT2D eigenvalue weighted by Gasteiger charge is -2.12. The summed E-state index contributed by atoms with van der Waals surface area (Å²) in [6.45, 7) is 0. The van der Waals surface area contributed by atoms with Gasteiger partial charge < -0.3 is 18.0 Å². The molecular weight excluding hydrogens is 1360 g/mol. The molecular formula is C101H62N8O2. The normalized spacial score (nSPS) is 11.8. The molecule has 7 heterocycles. The zero-order valence-electron chi connectivity index (χ0n) is 59.7. The molecule has 0 spiro atoms. The minimum Gasteiger partial charge on any atom is -0.456 e. The van der Waals surface area contributed by atoms with Gasteiger partial charge in [0.1, 0.15) is 22.3 Å². The first-order chi connectivity index (χ1) is 55.0. The van der Waals surface area contributed by atoms with Gasteiger partial charge in [-0.3, -0.25) is 4.57 Å². The lowest BCUT2D eigenvalue weighted by Crippen LogP contribution is -2.03. The molecule has 111 heavy (non-hydrogen) atoms. The van der Waals surface area contributed by atoms with Crippen LogP contribution in [0.15, 0.2) is 385 Å². The molecule has 23 aromatic rings. The Labute approximate surface area is 636 Å². The Morgan fingerprint density at radius 3 is 1.14 bits per heavy atom. The molecule has 0 aliphatic carbocycles. The average Bonchev–Trinajstić information content (AvgIpc) is 1.59. The van der Waals surface area contributed by atoms with Crippen LogP contribution in [0.5, 0.6) is 0 Å². The maximum Gasteiger partial charge on any atom is 0.235 e. The van der Waals surface area contributed by atoms with Crippen molar-refractivity contribution in [2.24, 2.45) is 0 Å². The van der Waals surface area contributed by atoms with Crippen LogP contribution >= 0.6 is 0 Å². The predicted octanol–water partition coefficient (Wildman–Crippen LogP) is 26.3. The fourth-order valence-electron chi connectivity index (χ4n) is 16.6. The summed E-state index contributed by atoms with van der Waals surface area (Å²) in [5, 5.41) is 12.7. The van der Waals surface area contributed by atoms with Gasteiger partial charge in [0.2, 0.25) is 5.95 Å². The van der Waals surface area contributed by atoms with Gasteiger partial charge in [-0.2, -0.15) is 0 Å². The van der Waals surface area contributed by atoms with Crippen molar-refractivity contribution in [2.45, 2.75) is 0 Å². The number of hydrogen-bond donors (Lipinski definition) is 0. The summed E-state index contributed by atoms with van der Waals surface area (Å²) >= 11 is 0. The van der Waals surface area contributed by atoms with E-state index in [2.05, 4.69) is 293 Å². The maximum absolute atomic E-state index is 6.46. The predicted molar refractivity (Wildman–Crippen MR) is 455 cm³/mol. The Morgan fingerprint density at radius 2 is 0.577 bits per heavy atom. The Morgan fingerprint density at radius 1 is 0.198 bits per heavy atom. The molecule has 0 unspecified atom stereocenters. The van der Waals surface area contributed by atoms with E-state index in [1.165, 1.54) is 21.5 Å². The lowest BCUT2D eigenvalue weighted by molar-refractivity contribution is 0.669. The molecule has 0 fully saturated rings. The monoisotopic (exact) mass is 1420 g/mol. The largest absolute Gasteiger partial charge is 0.456 e. The highest BCUT2D eigenvalue weighted by Crippen LogP contribution is 2.44. The lowest BCUT2D eigenvalue weighted by atomic mass is 10.0. The molecule has 0 atom stereocenters. The maximum atomic E-state index is 6.46. The fourth-order valence-corrected chi connectivity index (χ4v) is 16.6. The number of furan rings is 2. The number of nitrogens with zero attached hydrogens (tertiary/aromatic N) is 8. The smallest absolute Gasteiger partial charge is 0.235 e. The molecule has 518 valence electrons. The van der Waals surface area contributed by atoms with Crippen LogP contribution in [0.25, 0.3) is 216 Å². The Bertz CT molecular complexity index is 7600. The van der Waals surface area contributed by atoms with Crippen LogP contribution in [0.1, 0.15) is 0 Å². The molecule has 16 aromatic carbocycles. The molecule has 23 rings (SSSR count). The van der Waals surface area contributed by atoms with Crippen molar-refractivity contribution in [1.82, 2.24) is 38.6 Å². The fraction of sp³-hybridized carbons (Fsp3) is 0. The number of para-hydroxylation sites is 7. The number of hydrogen-bond acceptors (Lipinski definition) is 7. The Hall–Kier alpha value is -15.1. The van der Waals surface area contributed by atoms with Gasteiger partial charge >= 0.3 is 0 Å². The van der Waals surface area contributed by atoms with Crippen LogP contribution in [-0.2, 0) is 0 Å². The van der Waals surface area contributed by atoms with E-state index in [4.69, 9.17) is 33.8 Å². The zero-order valence-corrected chi connectivity index (χ0v) is 59.7. The third kappa shape index (κ3) is 10.7. The number of rotatable bonds is 10. The van der Waals surface area contributed by atoms with Crippen LogP contribution in [0, 0.1) is 0 Å². The van der Waals surface area contributed by atoms with Crippen molar-refractivity contribution in [2.75, 3.05) is 0 Å². The second-order valence-electron chi connectivity index (χ2n) is 28.2. The molecule has 7 aromatic heterocycles. The average molecular weight is 1420 g/mol. The summed E-state index contributed by atoms with van der Waals surface area (Å²) in [4.78, 5) is 25.3. The summed E-state index contributed by atoms with van der Waals surface area (Å²) in [6.07, 6.45) is 0. The van der Waals surface area contributed by atoms with Crippen molar-refractivity contribution >= 4 is 120 Å². The van der Waals surface area contributed by atoms with Gasteiger partial charge in [-0.1, -0.05) is 267 Å². The van der Waals surface area contributed by atoms with E-state index in [0.717, 1.165) is 171 Å². The minimum absolute atomic E-state index is 0.629. The first-order valence-electron chi connectivity index (χ1n) is 37.4. The van der Waals surface area contributed by atoms with E-state index < -0.39 is 0 Å². The van der Waals surface area contributed by atoms with Crippen molar-refractivity contribution in [3.8, 4) is 96.1 Å². The third-order valence-corrected chi connectivity index (χ3v) is 21.8. The second-order valence-corrected chi connectivity index (χ2v) is 28.2. The van der Waals surface area contributed by atoms with Gasteiger partial charge in [-0.05, 0) is 137 Å². The van der Waals surface area contributed by atoms with Crippen molar-refractivity contribution in [3.05, 3.63) is 376 Å². The molecule has 0 radical (unpaired) electrons. The SMILES string of the molecule is c1ccc(-c2nc(-c3ccccc3)nc(-c3cccc(-n4c5ccccc5c5cc(-c6ccc7oc8ccccc8c7c6)ccc54)c3)n2)cc1.c1ccc(-c2nc(-n3c4ccccc4c4cc(-c5ccc6c(c5)c5ccccc5n6-c5cccc(-c6cccc7c6oc6ccccc67)c5)ccc43)nc3ccccc23)cc1. The van der Waals surface area contributed by atoms with Crippen molar-refractivity contribution < 1.29 is 8.83 Å². The van der Waals surface area contributed by atoms with Gasteiger partial charge in [0.25, 0.3) is 0 Å². The molecule has 10 heteroatoms. The zero-order chi connectivity index (χ0) is 73.0. The number of fused-ring (bicyclic) bond motifs is 16. The van der Waals surface area contributed by atoms with E-state index in [1.54, 1.807) is 0 Å². The van der Waals surface area contributed by atoms with E-state index in [-0.39, 0.29) is 0 Å². The summed E-state index contributed by atoms with van der Waals surface area (Å²) < 4.78 is 19.5. The van der Waals surface area contributed by atoms with Gasteiger partial charge in [0.15, 0.2) is 17.5 Å². The number of aromatic nitrogens is 8. The molecule has 0 saturated heterocycles. The quantitative estimate of drug-likeness (QED) is 0.134. The summed E-state index contributed by atoms with van der Waals surface area (Å²) in [7, 11) is 0. The third-order valence-electron chi connectivity index (χ3n) is 21.8. The summed E-state index contributed by atoms with van der Waals surface area (Å²) in [6, 6.07) is 132. The molecule has 0 aliphatic rings. The van der Waals surface area contributed by atoms with Gasteiger partial charge in [0, 0.05) is 98.4 Å². The topological polar surface area (TPSA) is 106 Å². The van der Waals surface area contributed by atoms with E-state index in [1.807, 2.05) is 97.1 Å². The first-order valence-corrected chi connectivity index (χ1v) is 37.4. The molecule has 10 nitrogen and oxygen atoms in total. The first kappa shape index (κ1) is 63.2. The summed E-state index contributed by atoms with van der Waals surface area (Å²) in [5.41, 5.74) is 25.0. The Kier molecular flexibility index (Phi) is 14.7. The van der Waals surface area contributed by atoms with Crippen LogP contribution in [-0.4, -0.2) is 38.6 Å². The van der Waals surface area contributed by atoms with Crippen LogP contribution in [0.2, 0.25) is 0 Å². The second kappa shape index (κ2) is 25.8. The molecule has 0 amide bonds. The van der Waals surface area contributed by atoms with Gasteiger partial charge in [-0.25, -0.2) is 24.9 Å². The van der Waals surface area contributed by atoms with Gasteiger partial charge in [-0.15, -0.1) is 0 Å². The number of benzene rings is 16. The van der Waals surface area contributed by atoms with E-state index in [0.29, 0.717) is 23.4 Å². The molecule has 0 aliphatic heterocycles. The Balaban J connectivity index is 0.000000139. The highest BCUT2D eigenvalue weighted by Gasteiger charge is 2.23. The minimum atomic E-state index is 0.629. The van der Waals surface area contributed by atoms with Crippen LogP contribution < -0.4 is 0 Å². The van der Waals surface area contributed by atoms with Gasteiger partial charge in [0.05, 0.1) is 44.3 Å². The van der Waals surface area contributed by atoms with E-state index >= 15 is 0 Å². The highest BCUT2D eigenvalue weighted by molar-refractivity contribution is 6.15. The molecule has 0 saturated carbocycles. The molecule has 0 bridgehead atoms. The molecule has 0 N–H and O–H groups in total. The standard InChI is InChI=1S/C56H34N4O.C45H28N4O/c1-2-14-35(15-3-1)54-45-21-4-8-24-48(45)57-56(58-54)60-50-26-10-6-19-42(50)47-34-37(29-31-52(47)60)36-28-30-51-46(33-36)41-18-5-9-25-49(41)59(51)39-17-12-16-38(32-39)40-22-13-23-44-43-20-7-11-27-53(43)61-55(40)44;1-3-12-29(13-4-1)43-46-44(30-14-5-2-6-15-30)48-45(47-43)33-16-11-17-34(26-33)49-39-20-9-7-18-35(39)37-27-31(22-24-40(37)49)32-23-25-42-38(28-32)36-19-8-10-21-41(36)50-42/h1-34H;1-28H. The van der Waals surface area contributed by atoms with Crippen LogP contribution in [0.3, 0.4) is 0 Å². The summed E-state index contributed by atoms with van der Waals surface area (Å²) in [5.74, 6) is 2.57. The van der Waals surface area contributed by atoms with E-state index in [9.17, 15) is 0 Å². The highest BCUT2D eigenvalue weighted by atomic mass is 16.3.